The Morgan fingerprint density at radius 1 is 0.557 bits per heavy atom. The summed E-state index contributed by atoms with van der Waals surface area (Å²) >= 11 is 0. The zero-order valence-electron chi connectivity index (χ0n) is 36.0. The van der Waals surface area contributed by atoms with Crippen LogP contribution in [0.3, 0.4) is 0 Å². The summed E-state index contributed by atoms with van der Waals surface area (Å²) in [4.78, 5) is 85.7. The third kappa shape index (κ3) is 17.9. The Bertz CT molecular complexity index is 2630. The molecule has 4 aromatic rings. The van der Waals surface area contributed by atoms with Crippen LogP contribution in [0.25, 0.3) is 0 Å². The molecule has 33 heteroatoms. The van der Waals surface area contributed by atoms with E-state index in [1.54, 1.807) is 6.07 Å². The molecule has 0 aromatic heterocycles. The number of nitro groups is 3. The average Bonchev–Trinajstić information content (AvgIpc) is 3.20. The molecule has 9 N–H and O–H groups in total. The summed E-state index contributed by atoms with van der Waals surface area (Å²) in [5.41, 5.74) is -7.52. The summed E-state index contributed by atoms with van der Waals surface area (Å²) in [7, 11) is -14.1. The highest BCUT2D eigenvalue weighted by molar-refractivity contribution is 7.53. The number of nitrogens with zero attached hydrogens (tertiary/aromatic N) is 3. The van der Waals surface area contributed by atoms with Crippen molar-refractivity contribution in [1.82, 2.24) is 0 Å². The second kappa shape index (κ2) is 23.5. The molecule has 0 bridgehead atoms. The monoisotopic (exact) mass is 1070 g/mol. The molecule has 0 saturated carbocycles. The van der Waals surface area contributed by atoms with Crippen molar-refractivity contribution in [2.45, 2.75) is 81.8 Å². The van der Waals surface area contributed by atoms with E-state index in [0.29, 0.717) is 49.2 Å². The van der Waals surface area contributed by atoms with Gasteiger partial charge in [-0.05, 0) is 62.2 Å². The number of halogens is 9. The molecule has 21 nitrogen and oxygen atoms in total. The number of alkyl halides is 9. The number of anilines is 3. The first-order valence-corrected chi connectivity index (χ1v) is 24.3. The average molecular weight is 1070 g/mol. The summed E-state index contributed by atoms with van der Waals surface area (Å²) in [5.74, 6) is -3.05. The van der Waals surface area contributed by atoms with Crippen molar-refractivity contribution in [3.63, 3.8) is 0 Å². The molecule has 4 aromatic carbocycles. The number of nitro benzene ring substituents is 3. The lowest BCUT2D eigenvalue weighted by Gasteiger charge is -2.28. The van der Waals surface area contributed by atoms with E-state index in [9.17, 15) is 103 Å². The van der Waals surface area contributed by atoms with E-state index in [0.717, 1.165) is 38.5 Å². The van der Waals surface area contributed by atoms with E-state index in [2.05, 4.69) is 16.0 Å². The van der Waals surface area contributed by atoms with Crippen LogP contribution in [-0.4, -0.2) is 55.2 Å². The molecule has 0 spiro atoms. The summed E-state index contributed by atoms with van der Waals surface area (Å²) < 4.78 is 148. The molecule has 2 unspecified atom stereocenters. The van der Waals surface area contributed by atoms with Crippen LogP contribution in [-0.2, 0) is 32.2 Å². The number of rotatable bonds is 17. The van der Waals surface area contributed by atoms with Gasteiger partial charge in [0.1, 0.15) is 28.1 Å². The number of nitrogens with one attached hydrogen (secondary N) is 3. The van der Waals surface area contributed by atoms with E-state index in [-0.39, 0.29) is 17.7 Å². The molecular formula is C37H42F9N6O15P3. The Hall–Kier alpha value is -5.70. The van der Waals surface area contributed by atoms with E-state index in [1.165, 1.54) is 24.3 Å². The molecule has 0 aliphatic heterocycles. The highest BCUT2D eigenvalue weighted by Crippen LogP contribution is 2.53. The molecule has 0 saturated heterocycles. The Balaban J connectivity index is 0.000000362. The number of unbranched alkanes of at least 4 members (excludes halogenated alkanes) is 2. The minimum Gasteiger partial charge on any atom is -0.366 e. The lowest BCUT2D eigenvalue weighted by atomic mass is 10.1. The number of benzene rings is 4. The predicted molar refractivity (Wildman–Crippen MR) is 232 cm³/mol. The van der Waals surface area contributed by atoms with E-state index in [1.807, 2.05) is 6.92 Å². The second-order valence-electron chi connectivity index (χ2n) is 15.0. The van der Waals surface area contributed by atoms with Crippen LogP contribution in [0.15, 0.2) is 84.9 Å². The summed E-state index contributed by atoms with van der Waals surface area (Å²) in [6.07, 6.45) is -12.3. The SMILES string of the molecule is CC(C)(Nc1ccc(C(F)(F)F)cc1[N+](=O)[O-])P(=O)(O)O.CCCCCC(Nc1ccc(C(F)(F)F)cc1[N+](=O)[O-])P(=O)(O)O.O=[N+]([O-])c1cc(C(F)(F)F)ccc1NC(c1ccccc1)P(=O)(O)O. The predicted octanol–water partition coefficient (Wildman–Crippen LogP) is 11.0. The standard InChI is InChI=1S/C14H12F3N2O5P.C13H18F3N2O5P.C10H12F3N2O5P/c15-14(16,17)10-6-7-11(12(8-10)19(20)21)18-13(25(22,23)24)9-4-2-1-3-5-9;1-2-3-4-5-12(24(21,22)23)17-10-7-6-9(13(14,15)16)8-11(10)18(19)20;1-9(2,21(18,19)20)14-7-4-3-6(10(11,12)13)5-8(7)15(16)17/h1-8,13,18H,(H2,22,23,24);6-8,12,17H,2-5H2,1H3,(H2,21,22,23);3-5,14H,1-2H3,(H2,18,19,20). The molecule has 0 heterocycles. The maximum absolute atomic E-state index is 12.7. The van der Waals surface area contributed by atoms with Gasteiger partial charge in [0, 0.05) is 18.2 Å². The molecule has 0 amide bonds. The molecule has 70 heavy (non-hydrogen) atoms. The van der Waals surface area contributed by atoms with Crippen molar-refractivity contribution in [1.29, 1.82) is 0 Å². The first-order valence-electron chi connectivity index (χ1n) is 19.3. The molecule has 0 aliphatic carbocycles. The molecular weight excluding hydrogens is 1030 g/mol. The summed E-state index contributed by atoms with van der Waals surface area (Å²) in [6, 6.07) is 12.5. The van der Waals surface area contributed by atoms with Gasteiger partial charge in [-0.3, -0.25) is 44.0 Å². The molecule has 388 valence electrons. The Morgan fingerprint density at radius 2 is 0.929 bits per heavy atom. The van der Waals surface area contributed by atoms with Crippen LogP contribution in [0.5, 0.6) is 0 Å². The maximum Gasteiger partial charge on any atom is 0.416 e. The fourth-order valence-electron chi connectivity index (χ4n) is 5.57. The third-order valence-corrected chi connectivity index (χ3v) is 13.2. The van der Waals surface area contributed by atoms with Gasteiger partial charge >= 0.3 is 41.3 Å². The van der Waals surface area contributed by atoms with Gasteiger partial charge in [0.15, 0.2) is 5.78 Å². The van der Waals surface area contributed by atoms with Crippen molar-refractivity contribution in [2.75, 3.05) is 16.0 Å². The van der Waals surface area contributed by atoms with Crippen LogP contribution < -0.4 is 16.0 Å². The first-order chi connectivity index (χ1) is 31.7. The quantitative estimate of drug-likeness (QED) is 0.0156. The minimum absolute atomic E-state index is 0.0380. The van der Waals surface area contributed by atoms with Gasteiger partial charge in [0.05, 0.1) is 31.5 Å². The number of hydrogen-bond donors (Lipinski definition) is 9. The van der Waals surface area contributed by atoms with Gasteiger partial charge in [-0.15, -0.1) is 0 Å². The van der Waals surface area contributed by atoms with Gasteiger partial charge < -0.3 is 45.3 Å². The van der Waals surface area contributed by atoms with Crippen molar-refractivity contribution < 1.29 is 97.3 Å². The summed E-state index contributed by atoms with van der Waals surface area (Å²) in [6.45, 7) is 4.05. The van der Waals surface area contributed by atoms with Crippen molar-refractivity contribution >= 4 is 56.9 Å². The fourth-order valence-corrected chi connectivity index (χ4v) is 7.53. The van der Waals surface area contributed by atoms with E-state index >= 15 is 0 Å². The molecule has 0 aliphatic rings. The molecule has 4 rings (SSSR count). The topological polar surface area (TPSA) is 338 Å². The maximum atomic E-state index is 12.7. The zero-order chi connectivity index (χ0) is 54.0. The first kappa shape index (κ1) is 60.4. The van der Waals surface area contributed by atoms with Crippen LogP contribution >= 0.6 is 22.8 Å². The van der Waals surface area contributed by atoms with Crippen molar-refractivity contribution in [3.05, 3.63) is 138 Å². The minimum atomic E-state index is -4.81. The van der Waals surface area contributed by atoms with Gasteiger partial charge in [-0.1, -0.05) is 56.5 Å². The van der Waals surface area contributed by atoms with Gasteiger partial charge in [0.25, 0.3) is 17.1 Å². The lowest BCUT2D eigenvalue weighted by Crippen LogP contribution is -2.31. The zero-order valence-corrected chi connectivity index (χ0v) is 38.7. The van der Waals surface area contributed by atoms with Crippen molar-refractivity contribution in [2.24, 2.45) is 0 Å². The third-order valence-electron chi connectivity index (χ3n) is 9.29. The molecule has 2 atom stereocenters. The van der Waals surface area contributed by atoms with Crippen LogP contribution in [0.4, 0.5) is 73.6 Å². The second-order valence-corrected chi connectivity index (χ2v) is 20.7. The molecule has 0 fully saturated rings. The highest BCUT2D eigenvalue weighted by atomic mass is 31.2. The highest BCUT2D eigenvalue weighted by Gasteiger charge is 2.41. The van der Waals surface area contributed by atoms with E-state index < -0.39 is 118 Å². The van der Waals surface area contributed by atoms with Crippen molar-refractivity contribution in [3.8, 4) is 0 Å². The van der Waals surface area contributed by atoms with Gasteiger partial charge in [-0.2, -0.15) is 39.5 Å². The van der Waals surface area contributed by atoms with Crippen LogP contribution in [0.2, 0.25) is 0 Å². The van der Waals surface area contributed by atoms with Crippen LogP contribution in [0.1, 0.15) is 74.5 Å². The lowest BCUT2D eigenvalue weighted by molar-refractivity contribution is -0.384. The summed E-state index contributed by atoms with van der Waals surface area (Å²) in [5, 5.41) is 37.9. The molecule has 0 radical (unpaired) electrons. The van der Waals surface area contributed by atoms with Gasteiger partial charge in [-0.25, -0.2) is 0 Å². The number of hydrogen-bond acceptors (Lipinski definition) is 12. The normalized spacial score (nSPS) is 13.3. The van der Waals surface area contributed by atoms with E-state index in [4.69, 9.17) is 9.79 Å². The van der Waals surface area contributed by atoms with Gasteiger partial charge in [0.2, 0.25) is 0 Å². The Morgan fingerprint density at radius 3 is 1.26 bits per heavy atom. The largest absolute Gasteiger partial charge is 0.416 e. The fraction of sp³-hybridized carbons (Fsp3) is 0.351. The van der Waals surface area contributed by atoms with Crippen LogP contribution in [0, 0.1) is 30.3 Å². The Labute approximate surface area is 389 Å². The smallest absolute Gasteiger partial charge is 0.366 e. The Kier molecular flexibility index (Phi) is 20.3.